The Kier molecular flexibility index (Phi) is 4.71. The van der Waals surface area contributed by atoms with Gasteiger partial charge in [-0.05, 0) is 19.9 Å². The van der Waals surface area contributed by atoms with Crippen molar-refractivity contribution < 1.29 is 18.7 Å². The third-order valence-electron chi connectivity index (χ3n) is 2.84. The molecule has 4 heteroatoms. The van der Waals surface area contributed by atoms with Gasteiger partial charge in [0.25, 0.3) is 0 Å². The smallest absolute Gasteiger partial charge is 0.192 e. The lowest BCUT2D eigenvalue weighted by Crippen LogP contribution is -2.20. The monoisotopic (exact) mass is 262 g/mol. The van der Waals surface area contributed by atoms with E-state index in [4.69, 9.17) is 13.9 Å². The van der Waals surface area contributed by atoms with Crippen LogP contribution >= 0.6 is 0 Å². The number of benzene rings is 1. The maximum absolute atomic E-state index is 12.1. The first-order valence-electron chi connectivity index (χ1n) is 6.41. The van der Waals surface area contributed by atoms with E-state index in [9.17, 15) is 4.79 Å². The van der Waals surface area contributed by atoms with Crippen molar-refractivity contribution in [3.63, 3.8) is 0 Å². The molecule has 1 heterocycles. The Bertz CT molecular complexity index is 544. The number of carbonyl (C=O) groups excluding carboxylic acids is 1. The highest BCUT2D eigenvalue weighted by Crippen LogP contribution is 2.21. The Balaban J connectivity index is 1.96. The third-order valence-corrected chi connectivity index (χ3v) is 2.84. The Morgan fingerprint density at radius 3 is 2.95 bits per heavy atom. The average molecular weight is 262 g/mol. The van der Waals surface area contributed by atoms with Crippen molar-refractivity contribution in [1.29, 1.82) is 0 Å². The number of hydrogen-bond donors (Lipinski definition) is 0. The maximum atomic E-state index is 12.1. The number of fused-ring (bicyclic) bond motifs is 1. The van der Waals surface area contributed by atoms with E-state index in [0.717, 1.165) is 5.39 Å². The number of furan rings is 1. The molecule has 1 aromatic carbocycles. The zero-order chi connectivity index (χ0) is 13.7. The molecule has 0 radical (unpaired) electrons. The Hall–Kier alpha value is -1.65. The van der Waals surface area contributed by atoms with Crippen molar-refractivity contribution in [3.05, 3.63) is 36.1 Å². The summed E-state index contributed by atoms with van der Waals surface area (Å²) >= 11 is 0. The zero-order valence-corrected chi connectivity index (χ0v) is 11.2. The van der Waals surface area contributed by atoms with Crippen molar-refractivity contribution in [2.24, 2.45) is 0 Å². The molecule has 0 N–H and O–H groups in total. The second kappa shape index (κ2) is 6.50. The molecule has 102 valence electrons. The summed E-state index contributed by atoms with van der Waals surface area (Å²) in [5, 5.41) is 0.827. The van der Waals surface area contributed by atoms with Crippen LogP contribution < -0.4 is 0 Å². The van der Waals surface area contributed by atoms with E-state index >= 15 is 0 Å². The van der Waals surface area contributed by atoms with Gasteiger partial charge in [0.05, 0.1) is 18.3 Å². The van der Waals surface area contributed by atoms with Crippen molar-refractivity contribution in [3.8, 4) is 0 Å². The molecule has 0 saturated heterocycles. The largest absolute Gasteiger partial charge is 0.464 e. The normalized spacial score (nSPS) is 12.7. The van der Waals surface area contributed by atoms with E-state index in [0.29, 0.717) is 24.4 Å². The van der Waals surface area contributed by atoms with Crippen LogP contribution in [0.5, 0.6) is 0 Å². The van der Waals surface area contributed by atoms with Crippen LogP contribution in [0.4, 0.5) is 0 Å². The summed E-state index contributed by atoms with van der Waals surface area (Å²) in [6, 6.07) is 7.47. The fourth-order valence-electron chi connectivity index (χ4n) is 1.82. The van der Waals surface area contributed by atoms with E-state index in [-0.39, 0.29) is 18.5 Å². The number of ketones is 1. The van der Waals surface area contributed by atoms with Crippen LogP contribution in [0.2, 0.25) is 0 Å². The summed E-state index contributed by atoms with van der Waals surface area (Å²) in [4.78, 5) is 12.1. The van der Waals surface area contributed by atoms with Gasteiger partial charge in [0.15, 0.2) is 5.78 Å². The first kappa shape index (κ1) is 13.8. The van der Waals surface area contributed by atoms with E-state index in [1.165, 1.54) is 6.26 Å². The molecule has 0 spiro atoms. The summed E-state index contributed by atoms with van der Waals surface area (Å²) in [6.45, 7) is 4.99. The molecule has 19 heavy (non-hydrogen) atoms. The minimum atomic E-state index is -0.0953. The zero-order valence-electron chi connectivity index (χ0n) is 11.2. The van der Waals surface area contributed by atoms with Gasteiger partial charge in [-0.1, -0.05) is 18.2 Å². The molecule has 0 amide bonds. The summed E-state index contributed by atoms with van der Waals surface area (Å²) in [6.07, 6.45) is 1.39. The molecule has 1 aromatic heterocycles. The summed E-state index contributed by atoms with van der Waals surface area (Å²) in [5.41, 5.74) is 1.28. The molecule has 0 saturated carbocycles. The van der Waals surface area contributed by atoms with Gasteiger partial charge in [0.1, 0.15) is 18.5 Å². The van der Waals surface area contributed by atoms with Gasteiger partial charge < -0.3 is 13.9 Å². The highest BCUT2D eigenvalue weighted by atomic mass is 16.5. The third kappa shape index (κ3) is 3.43. The number of carbonyl (C=O) groups is 1. The van der Waals surface area contributed by atoms with Gasteiger partial charge in [0.2, 0.25) is 0 Å². The van der Waals surface area contributed by atoms with Gasteiger partial charge in [-0.2, -0.15) is 0 Å². The van der Waals surface area contributed by atoms with Crippen molar-refractivity contribution in [2.45, 2.75) is 20.0 Å². The number of rotatable bonds is 7. The number of para-hydroxylation sites is 1. The summed E-state index contributed by atoms with van der Waals surface area (Å²) in [5.74, 6) is -0.0756. The van der Waals surface area contributed by atoms with Crippen LogP contribution in [-0.4, -0.2) is 31.7 Å². The van der Waals surface area contributed by atoms with Gasteiger partial charge in [-0.15, -0.1) is 0 Å². The van der Waals surface area contributed by atoms with E-state index < -0.39 is 0 Å². The van der Waals surface area contributed by atoms with E-state index in [2.05, 4.69) is 0 Å². The van der Waals surface area contributed by atoms with Crippen LogP contribution in [0.15, 0.2) is 34.9 Å². The first-order valence-corrected chi connectivity index (χ1v) is 6.41. The van der Waals surface area contributed by atoms with E-state index in [1.807, 2.05) is 38.1 Å². The Morgan fingerprint density at radius 2 is 2.16 bits per heavy atom. The van der Waals surface area contributed by atoms with Crippen LogP contribution in [0.3, 0.4) is 0 Å². The minimum Gasteiger partial charge on any atom is -0.464 e. The standard InChI is InChI=1S/C15H18O4/c1-3-17-8-11(2)18-10-14(16)13-9-19-15-7-5-4-6-12(13)15/h4-7,9,11H,3,8,10H2,1-2H3. The van der Waals surface area contributed by atoms with Crippen LogP contribution in [0, 0.1) is 0 Å². The molecular weight excluding hydrogens is 244 g/mol. The van der Waals surface area contributed by atoms with Gasteiger partial charge in [0, 0.05) is 12.0 Å². The lowest BCUT2D eigenvalue weighted by molar-refractivity contribution is 0.00118. The molecule has 0 aliphatic carbocycles. The van der Waals surface area contributed by atoms with Crippen molar-refractivity contribution in [1.82, 2.24) is 0 Å². The van der Waals surface area contributed by atoms with Gasteiger partial charge in [-0.3, -0.25) is 4.79 Å². The average Bonchev–Trinajstić information content (AvgIpc) is 2.86. The van der Waals surface area contributed by atoms with Gasteiger partial charge >= 0.3 is 0 Å². The maximum Gasteiger partial charge on any atom is 0.192 e. The molecule has 0 aliphatic heterocycles. The second-order valence-electron chi connectivity index (χ2n) is 4.35. The van der Waals surface area contributed by atoms with E-state index in [1.54, 1.807) is 0 Å². The molecule has 4 nitrogen and oxygen atoms in total. The predicted molar refractivity (Wildman–Crippen MR) is 72.5 cm³/mol. The SMILES string of the molecule is CCOCC(C)OCC(=O)c1coc2ccccc12. The molecule has 2 aromatic rings. The highest BCUT2D eigenvalue weighted by Gasteiger charge is 2.14. The predicted octanol–water partition coefficient (Wildman–Crippen LogP) is 3.06. The molecule has 1 unspecified atom stereocenters. The topological polar surface area (TPSA) is 48.7 Å². The number of hydrogen-bond acceptors (Lipinski definition) is 4. The lowest BCUT2D eigenvalue weighted by Gasteiger charge is -2.11. The Morgan fingerprint density at radius 1 is 1.37 bits per heavy atom. The van der Waals surface area contributed by atoms with Crippen molar-refractivity contribution in [2.75, 3.05) is 19.8 Å². The summed E-state index contributed by atoms with van der Waals surface area (Å²) in [7, 11) is 0. The minimum absolute atomic E-state index is 0.0395. The van der Waals surface area contributed by atoms with Gasteiger partial charge in [-0.25, -0.2) is 0 Å². The number of ether oxygens (including phenoxy) is 2. The summed E-state index contributed by atoms with van der Waals surface area (Å²) < 4.78 is 16.0. The fraction of sp³-hybridized carbons (Fsp3) is 0.400. The highest BCUT2D eigenvalue weighted by molar-refractivity contribution is 6.07. The number of Topliss-reactive ketones (excluding diaryl/α,β-unsaturated/α-hetero) is 1. The quantitative estimate of drug-likeness (QED) is 0.719. The van der Waals surface area contributed by atoms with Crippen LogP contribution in [-0.2, 0) is 9.47 Å². The first-order chi connectivity index (χ1) is 9.22. The Labute approximate surface area is 112 Å². The molecule has 0 fully saturated rings. The fourth-order valence-corrected chi connectivity index (χ4v) is 1.82. The van der Waals surface area contributed by atoms with Crippen LogP contribution in [0.1, 0.15) is 24.2 Å². The molecule has 0 bridgehead atoms. The van der Waals surface area contributed by atoms with Crippen molar-refractivity contribution >= 4 is 16.8 Å². The second-order valence-corrected chi connectivity index (χ2v) is 4.35. The molecule has 1 atom stereocenters. The molecular formula is C15H18O4. The molecule has 2 rings (SSSR count). The molecule has 0 aliphatic rings. The lowest BCUT2D eigenvalue weighted by atomic mass is 10.1. The van der Waals surface area contributed by atoms with Crippen LogP contribution in [0.25, 0.3) is 11.0 Å².